The molecule has 1 unspecified atom stereocenters. The monoisotopic (exact) mass is 368 g/mol. The van der Waals surface area contributed by atoms with E-state index in [9.17, 15) is 9.59 Å². The van der Waals surface area contributed by atoms with Crippen LogP contribution in [0.2, 0.25) is 0 Å². The lowest BCUT2D eigenvalue weighted by Gasteiger charge is -2.15. The Morgan fingerprint density at radius 1 is 1.08 bits per heavy atom. The number of hydrogen-bond donors (Lipinski definition) is 2. The van der Waals surface area contributed by atoms with Crippen LogP contribution in [0.15, 0.2) is 53.4 Å². The van der Waals surface area contributed by atoms with Crippen molar-refractivity contribution < 1.29 is 9.59 Å². The van der Waals surface area contributed by atoms with Crippen LogP contribution in [0.5, 0.6) is 0 Å². The van der Waals surface area contributed by atoms with Crippen molar-refractivity contribution in [3.05, 3.63) is 54.1 Å². The van der Waals surface area contributed by atoms with Crippen LogP contribution >= 0.6 is 11.8 Å². The van der Waals surface area contributed by atoms with E-state index in [2.05, 4.69) is 10.6 Å². The number of nitrogens with one attached hydrogen (secondary N) is 2. The first kappa shape index (κ1) is 18.5. The van der Waals surface area contributed by atoms with Gasteiger partial charge < -0.3 is 10.6 Å². The minimum Gasteiger partial charge on any atom is -0.326 e. The molecule has 3 rings (SSSR count). The topological polar surface area (TPSA) is 58.2 Å². The van der Waals surface area contributed by atoms with Crippen LogP contribution in [-0.4, -0.2) is 17.1 Å². The molecular weight excluding hydrogens is 344 g/mol. The van der Waals surface area contributed by atoms with Crippen LogP contribution in [0.1, 0.15) is 31.7 Å². The van der Waals surface area contributed by atoms with Gasteiger partial charge in [0.05, 0.1) is 5.25 Å². The van der Waals surface area contributed by atoms with E-state index >= 15 is 0 Å². The Morgan fingerprint density at radius 2 is 1.81 bits per heavy atom. The minimum atomic E-state index is -0.189. The number of aryl methyl sites for hydroxylation is 1. The Balaban J connectivity index is 1.62. The molecule has 0 spiro atoms. The maximum atomic E-state index is 12.6. The third-order valence-corrected chi connectivity index (χ3v) is 5.67. The summed E-state index contributed by atoms with van der Waals surface area (Å²) in [5, 5.41) is 5.75. The largest absolute Gasteiger partial charge is 0.326 e. The van der Waals surface area contributed by atoms with Crippen LogP contribution in [0.3, 0.4) is 0 Å². The van der Waals surface area contributed by atoms with Crippen molar-refractivity contribution in [2.24, 2.45) is 5.92 Å². The summed E-state index contributed by atoms with van der Waals surface area (Å²) in [4.78, 5) is 25.5. The first-order chi connectivity index (χ1) is 12.5. The highest BCUT2D eigenvalue weighted by Crippen LogP contribution is 2.32. The summed E-state index contributed by atoms with van der Waals surface area (Å²) in [6.07, 6.45) is 2.69. The third kappa shape index (κ3) is 5.11. The Hall–Kier alpha value is -2.27. The maximum absolute atomic E-state index is 12.6. The quantitative estimate of drug-likeness (QED) is 0.687. The predicted molar refractivity (Wildman–Crippen MR) is 108 cm³/mol. The maximum Gasteiger partial charge on any atom is 0.237 e. The fourth-order valence-electron chi connectivity index (χ4n) is 2.58. The zero-order valence-electron chi connectivity index (χ0n) is 15.1. The van der Waals surface area contributed by atoms with E-state index in [1.54, 1.807) is 0 Å². The summed E-state index contributed by atoms with van der Waals surface area (Å²) in [6, 6.07) is 15.5. The van der Waals surface area contributed by atoms with E-state index in [0.29, 0.717) is 0 Å². The Bertz CT molecular complexity index is 785. The molecule has 0 radical (unpaired) electrons. The molecule has 1 atom stereocenters. The average molecular weight is 369 g/mol. The van der Waals surface area contributed by atoms with Gasteiger partial charge in [-0.25, -0.2) is 0 Å². The molecule has 0 heterocycles. The lowest BCUT2D eigenvalue weighted by molar-refractivity contribution is -0.117. The second-order valence-electron chi connectivity index (χ2n) is 6.66. The van der Waals surface area contributed by atoms with Crippen molar-refractivity contribution in [2.75, 3.05) is 10.6 Å². The average Bonchev–Trinajstić information content (AvgIpc) is 3.47. The molecule has 1 aliphatic carbocycles. The van der Waals surface area contributed by atoms with E-state index < -0.39 is 0 Å². The van der Waals surface area contributed by atoms with Crippen LogP contribution in [0.4, 0.5) is 11.4 Å². The van der Waals surface area contributed by atoms with Crippen LogP contribution in [0.25, 0.3) is 0 Å². The summed E-state index contributed by atoms with van der Waals surface area (Å²) in [5.74, 6) is 0.264. The fraction of sp³-hybridized carbons (Fsp3) is 0.333. The first-order valence-electron chi connectivity index (χ1n) is 9.00. The normalized spacial score (nSPS) is 14.5. The van der Waals surface area contributed by atoms with Crippen LogP contribution in [-0.2, 0) is 9.59 Å². The molecule has 0 aromatic heterocycles. The second-order valence-corrected chi connectivity index (χ2v) is 7.94. The van der Waals surface area contributed by atoms with Crippen LogP contribution < -0.4 is 10.6 Å². The SMILES string of the molecule is CCC(Sc1cccc(NC(=O)C2CC2)c1)C(=O)Nc1ccc(C)cc1. The van der Waals surface area contributed by atoms with E-state index in [0.717, 1.165) is 41.1 Å². The molecule has 4 nitrogen and oxygen atoms in total. The highest BCUT2D eigenvalue weighted by atomic mass is 32.2. The molecule has 2 aromatic carbocycles. The van der Waals surface area contributed by atoms with E-state index in [4.69, 9.17) is 0 Å². The van der Waals surface area contributed by atoms with Crippen LogP contribution in [0, 0.1) is 12.8 Å². The van der Waals surface area contributed by atoms with Crippen molar-refractivity contribution in [1.82, 2.24) is 0 Å². The minimum absolute atomic E-state index is 0.00577. The van der Waals surface area contributed by atoms with Gasteiger partial charge in [0.1, 0.15) is 0 Å². The zero-order valence-corrected chi connectivity index (χ0v) is 15.9. The molecule has 1 fully saturated rings. The lowest BCUT2D eigenvalue weighted by atomic mass is 10.2. The Labute approximate surface area is 158 Å². The number of amides is 2. The molecule has 0 bridgehead atoms. The van der Waals surface area contributed by atoms with E-state index in [1.807, 2.05) is 62.4 Å². The van der Waals surface area contributed by atoms with Crippen molar-refractivity contribution in [2.45, 2.75) is 43.3 Å². The molecular formula is C21H24N2O2S. The molecule has 1 aliphatic rings. The molecule has 136 valence electrons. The predicted octanol–water partition coefficient (Wildman–Crippen LogP) is 4.85. The van der Waals surface area contributed by atoms with Gasteiger partial charge in [-0.1, -0.05) is 30.7 Å². The van der Waals surface area contributed by atoms with Gasteiger partial charge in [0.15, 0.2) is 0 Å². The number of carbonyl (C=O) groups excluding carboxylic acids is 2. The van der Waals surface area contributed by atoms with Crippen molar-refractivity contribution in [3.8, 4) is 0 Å². The molecule has 26 heavy (non-hydrogen) atoms. The van der Waals surface area contributed by atoms with Gasteiger partial charge in [-0.2, -0.15) is 0 Å². The molecule has 2 aromatic rings. The van der Waals surface area contributed by atoms with E-state index in [-0.39, 0.29) is 23.0 Å². The Morgan fingerprint density at radius 3 is 2.46 bits per heavy atom. The van der Waals surface area contributed by atoms with Gasteiger partial charge >= 0.3 is 0 Å². The zero-order chi connectivity index (χ0) is 18.5. The van der Waals surface area contributed by atoms with Gasteiger partial charge in [-0.05, 0) is 56.5 Å². The first-order valence-corrected chi connectivity index (χ1v) is 9.88. The smallest absolute Gasteiger partial charge is 0.237 e. The molecule has 1 saturated carbocycles. The van der Waals surface area contributed by atoms with Crippen molar-refractivity contribution in [1.29, 1.82) is 0 Å². The van der Waals surface area contributed by atoms with Gasteiger partial charge in [0.25, 0.3) is 0 Å². The summed E-state index contributed by atoms with van der Waals surface area (Å²) in [7, 11) is 0. The summed E-state index contributed by atoms with van der Waals surface area (Å²) >= 11 is 1.52. The number of rotatable bonds is 7. The third-order valence-electron chi connectivity index (χ3n) is 4.31. The summed E-state index contributed by atoms with van der Waals surface area (Å²) in [6.45, 7) is 4.02. The Kier molecular flexibility index (Phi) is 5.99. The molecule has 0 saturated heterocycles. The summed E-state index contributed by atoms with van der Waals surface area (Å²) in [5.41, 5.74) is 2.76. The van der Waals surface area contributed by atoms with Gasteiger partial charge in [-0.15, -0.1) is 11.8 Å². The number of anilines is 2. The molecule has 2 amide bonds. The number of benzene rings is 2. The molecule has 0 aliphatic heterocycles. The number of hydrogen-bond acceptors (Lipinski definition) is 3. The van der Waals surface area contributed by atoms with Gasteiger partial charge in [-0.3, -0.25) is 9.59 Å². The molecule has 5 heteroatoms. The summed E-state index contributed by atoms with van der Waals surface area (Å²) < 4.78 is 0. The highest BCUT2D eigenvalue weighted by molar-refractivity contribution is 8.00. The number of carbonyl (C=O) groups is 2. The number of thioether (sulfide) groups is 1. The van der Waals surface area contributed by atoms with Gasteiger partial charge in [0.2, 0.25) is 11.8 Å². The second kappa shape index (κ2) is 8.41. The fourth-order valence-corrected chi connectivity index (χ4v) is 3.60. The standard InChI is InChI=1S/C21H24N2O2S/c1-3-19(21(25)22-16-11-7-14(2)8-12-16)26-18-6-4-5-17(13-18)23-20(24)15-9-10-15/h4-8,11-13,15,19H,3,9-10H2,1-2H3,(H,22,25)(H,23,24). The highest BCUT2D eigenvalue weighted by Gasteiger charge is 2.29. The van der Waals surface area contributed by atoms with Crippen molar-refractivity contribution >= 4 is 35.0 Å². The molecule has 2 N–H and O–H groups in total. The van der Waals surface area contributed by atoms with Crippen molar-refractivity contribution in [3.63, 3.8) is 0 Å². The van der Waals surface area contributed by atoms with E-state index in [1.165, 1.54) is 11.8 Å². The van der Waals surface area contributed by atoms with Gasteiger partial charge in [0, 0.05) is 22.2 Å². The lowest BCUT2D eigenvalue weighted by Crippen LogP contribution is -2.24.